The summed E-state index contributed by atoms with van der Waals surface area (Å²) in [5, 5.41) is 0. The Morgan fingerprint density at radius 2 is 1.89 bits per heavy atom. The van der Waals surface area contributed by atoms with Gasteiger partial charge in [0, 0.05) is 6.54 Å². The largest absolute Gasteiger partial charge is 0.364 e. The van der Waals surface area contributed by atoms with Gasteiger partial charge in [0.2, 0.25) is 0 Å². The zero-order valence-electron chi connectivity index (χ0n) is 10.5. The van der Waals surface area contributed by atoms with Gasteiger partial charge in [-0.2, -0.15) is 0 Å². The van der Waals surface area contributed by atoms with E-state index in [2.05, 4.69) is 4.98 Å². The highest BCUT2D eigenvalue weighted by molar-refractivity contribution is 6.03. The molecule has 4 N–H and O–H groups in total. The minimum atomic E-state index is -0.766. The van der Waals surface area contributed by atoms with Gasteiger partial charge in [-0.25, -0.2) is 4.98 Å². The third-order valence-electron chi connectivity index (χ3n) is 2.91. The van der Waals surface area contributed by atoms with E-state index in [4.69, 9.17) is 11.5 Å². The number of primary amides is 2. The second-order valence-corrected chi connectivity index (χ2v) is 4.22. The average molecular weight is 258 g/mol. The summed E-state index contributed by atoms with van der Waals surface area (Å²) in [7, 11) is 0. The van der Waals surface area contributed by atoms with Crippen LogP contribution in [0, 0.1) is 6.92 Å². The Labute approximate surface area is 110 Å². The smallest absolute Gasteiger partial charge is 0.269 e. The van der Waals surface area contributed by atoms with Crippen molar-refractivity contribution in [3.63, 3.8) is 0 Å². The van der Waals surface area contributed by atoms with Crippen LogP contribution in [0.1, 0.15) is 32.1 Å². The summed E-state index contributed by atoms with van der Waals surface area (Å²) in [5.41, 5.74) is 12.5. The second-order valence-electron chi connectivity index (χ2n) is 4.22. The lowest BCUT2D eigenvalue weighted by molar-refractivity contribution is 0.0959. The van der Waals surface area contributed by atoms with E-state index in [1.54, 1.807) is 0 Å². The maximum absolute atomic E-state index is 11.4. The van der Waals surface area contributed by atoms with Crippen molar-refractivity contribution in [3.8, 4) is 0 Å². The third-order valence-corrected chi connectivity index (χ3v) is 2.91. The van der Waals surface area contributed by atoms with Gasteiger partial charge >= 0.3 is 0 Å². The Bertz CT molecular complexity index is 646. The Morgan fingerprint density at radius 3 is 2.47 bits per heavy atom. The zero-order chi connectivity index (χ0) is 14.0. The number of carbonyl (C=O) groups is 2. The van der Waals surface area contributed by atoms with Crippen LogP contribution in [0.15, 0.2) is 30.6 Å². The molecule has 0 saturated carbocycles. The van der Waals surface area contributed by atoms with Gasteiger partial charge in [-0.1, -0.05) is 24.3 Å². The van der Waals surface area contributed by atoms with Crippen LogP contribution in [-0.2, 0) is 6.54 Å². The number of aryl methyl sites for hydroxylation is 1. The van der Waals surface area contributed by atoms with Crippen molar-refractivity contribution in [1.82, 2.24) is 9.55 Å². The van der Waals surface area contributed by atoms with Crippen LogP contribution in [0.25, 0.3) is 0 Å². The Balaban J connectivity index is 2.44. The van der Waals surface area contributed by atoms with Gasteiger partial charge in [0.25, 0.3) is 11.8 Å². The number of hydrogen-bond donors (Lipinski definition) is 2. The number of aromatic nitrogens is 2. The summed E-state index contributed by atoms with van der Waals surface area (Å²) in [6, 6.07) is 7.73. The number of carbonyl (C=O) groups excluding carboxylic acids is 2. The second kappa shape index (κ2) is 4.93. The Morgan fingerprint density at radius 1 is 1.21 bits per heavy atom. The van der Waals surface area contributed by atoms with E-state index in [0.717, 1.165) is 11.1 Å². The van der Waals surface area contributed by atoms with Crippen molar-refractivity contribution < 1.29 is 9.59 Å². The molecule has 1 aromatic heterocycles. The van der Waals surface area contributed by atoms with Crippen LogP contribution in [-0.4, -0.2) is 21.4 Å². The molecule has 6 nitrogen and oxygen atoms in total. The fraction of sp³-hybridized carbons (Fsp3) is 0.154. The number of rotatable bonds is 4. The molecular weight excluding hydrogens is 244 g/mol. The van der Waals surface area contributed by atoms with E-state index in [1.807, 2.05) is 31.2 Å². The summed E-state index contributed by atoms with van der Waals surface area (Å²) in [6.45, 7) is 2.37. The van der Waals surface area contributed by atoms with Crippen molar-refractivity contribution >= 4 is 11.8 Å². The molecule has 0 fully saturated rings. The molecule has 0 saturated heterocycles. The number of hydrogen-bond acceptors (Lipinski definition) is 3. The van der Waals surface area contributed by atoms with Gasteiger partial charge in [0.15, 0.2) is 5.69 Å². The lowest BCUT2D eigenvalue weighted by atomic mass is 10.1. The molecule has 0 unspecified atom stereocenters. The molecule has 0 spiro atoms. The van der Waals surface area contributed by atoms with Gasteiger partial charge in [-0.3, -0.25) is 9.59 Å². The molecule has 0 aliphatic heterocycles. The molecule has 0 radical (unpaired) electrons. The van der Waals surface area contributed by atoms with Gasteiger partial charge in [-0.05, 0) is 18.1 Å². The van der Waals surface area contributed by atoms with E-state index in [1.165, 1.54) is 10.9 Å². The fourth-order valence-electron chi connectivity index (χ4n) is 1.91. The summed E-state index contributed by atoms with van der Waals surface area (Å²) >= 11 is 0. The van der Waals surface area contributed by atoms with Crippen molar-refractivity contribution in [2.24, 2.45) is 11.5 Å². The molecule has 1 heterocycles. The highest BCUT2D eigenvalue weighted by Gasteiger charge is 2.20. The van der Waals surface area contributed by atoms with E-state index < -0.39 is 11.8 Å². The van der Waals surface area contributed by atoms with Crippen molar-refractivity contribution in [2.45, 2.75) is 13.5 Å². The molecule has 0 bridgehead atoms. The molecule has 19 heavy (non-hydrogen) atoms. The predicted molar refractivity (Wildman–Crippen MR) is 69.5 cm³/mol. The maximum atomic E-state index is 11.4. The van der Waals surface area contributed by atoms with Crippen molar-refractivity contribution in [3.05, 3.63) is 53.1 Å². The third kappa shape index (κ3) is 2.47. The molecule has 2 amide bonds. The minimum absolute atomic E-state index is 0.0377. The number of nitrogens with zero attached hydrogens (tertiary/aromatic N) is 2. The van der Waals surface area contributed by atoms with Crippen LogP contribution in [0.4, 0.5) is 0 Å². The molecule has 98 valence electrons. The quantitative estimate of drug-likeness (QED) is 0.831. The summed E-state index contributed by atoms with van der Waals surface area (Å²) in [6.07, 6.45) is 1.40. The average Bonchev–Trinajstić information content (AvgIpc) is 2.76. The van der Waals surface area contributed by atoms with Crippen LogP contribution in [0.3, 0.4) is 0 Å². The highest BCUT2D eigenvalue weighted by atomic mass is 16.2. The fourth-order valence-corrected chi connectivity index (χ4v) is 1.91. The molecular formula is C13H14N4O2. The number of nitrogens with two attached hydrogens (primary N) is 2. The first-order valence-electron chi connectivity index (χ1n) is 5.70. The standard InChI is InChI=1S/C13H14N4O2/c1-8-4-2-3-5-9(8)6-17-7-16-10(12(14)18)11(17)13(15)19/h2-5,7H,6H2,1H3,(H2,14,18)(H2,15,19). The topological polar surface area (TPSA) is 104 Å². The van der Waals surface area contributed by atoms with E-state index in [9.17, 15) is 9.59 Å². The van der Waals surface area contributed by atoms with Gasteiger partial charge < -0.3 is 16.0 Å². The first kappa shape index (κ1) is 12.8. The molecule has 6 heteroatoms. The normalized spacial score (nSPS) is 10.4. The van der Waals surface area contributed by atoms with Gasteiger partial charge in [0.1, 0.15) is 5.69 Å². The first-order chi connectivity index (χ1) is 9.00. The minimum Gasteiger partial charge on any atom is -0.364 e. The predicted octanol–water partition coefficient (Wildman–Crippen LogP) is 0.438. The first-order valence-corrected chi connectivity index (χ1v) is 5.70. The van der Waals surface area contributed by atoms with Crippen LogP contribution in [0.2, 0.25) is 0 Å². The van der Waals surface area contributed by atoms with Crippen LogP contribution >= 0.6 is 0 Å². The lowest BCUT2D eigenvalue weighted by Gasteiger charge is -2.09. The van der Waals surface area contributed by atoms with E-state index in [0.29, 0.717) is 6.54 Å². The molecule has 1 aromatic carbocycles. The van der Waals surface area contributed by atoms with Gasteiger partial charge in [0.05, 0.1) is 6.33 Å². The summed E-state index contributed by atoms with van der Waals surface area (Å²) < 4.78 is 1.53. The van der Waals surface area contributed by atoms with Crippen LogP contribution in [0.5, 0.6) is 0 Å². The Hall–Kier alpha value is -2.63. The number of benzene rings is 1. The molecule has 2 aromatic rings. The van der Waals surface area contributed by atoms with E-state index >= 15 is 0 Å². The lowest BCUT2D eigenvalue weighted by Crippen LogP contribution is -2.23. The summed E-state index contributed by atoms with van der Waals surface area (Å²) in [5.74, 6) is -1.49. The van der Waals surface area contributed by atoms with Crippen LogP contribution < -0.4 is 11.5 Å². The zero-order valence-corrected chi connectivity index (χ0v) is 10.5. The SMILES string of the molecule is Cc1ccccc1Cn1cnc(C(N)=O)c1C(N)=O. The number of imidazole rings is 1. The summed E-state index contributed by atoms with van der Waals surface area (Å²) in [4.78, 5) is 26.5. The molecule has 0 aliphatic rings. The maximum Gasteiger partial charge on any atom is 0.269 e. The van der Waals surface area contributed by atoms with Crippen molar-refractivity contribution in [1.29, 1.82) is 0 Å². The number of amides is 2. The monoisotopic (exact) mass is 258 g/mol. The van der Waals surface area contributed by atoms with E-state index in [-0.39, 0.29) is 11.4 Å². The highest BCUT2D eigenvalue weighted by Crippen LogP contribution is 2.13. The van der Waals surface area contributed by atoms with Gasteiger partial charge in [-0.15, -0.1) is 0 Å². The molecule has 2 rings (SSSR count). The van der Waals surface area contributed by atoms with Crippen molar-refractivity contribution in [2.75, 3.05) is 0 Å². The molecule has 0 aliphatic carbocycles. The molecule has 0 atom stereocenters. The Kier molecular flexibility index (Phi) is 3.33.